The molecule has 1 atom stereocenters. The summed E-state index contributed by atoms with van der Waals surface area (Å²) in [6.45, 7) is 10.6. The third kappa shape index (κ3) is 31.4. The number of amides is 2. The number of ether oxygens (including phenoxy) is 4. The van der Waals surface area contributed by atoms with Gasteiger partial charge in [0.05, 0.1) is 39.6 Å². The molecule has 0 aliphatic heterocycles. The number of hydrogen-bond donors (Lipinski definition) is 3. The first-order valence-electron chi connectivity index (χ1n) is 17.2. The molecule has 0 radical (unpaired) electrons. The molecular formula is C33H64N5O7+. The summed E-state index contributed by atoms with van der Waals surface area (Å²) in [7, 11) is 0. The molecule has 0 rings (SSSR count). The fourth-order valence-corrected chi connectivity index (χ4v) is 4.52. The molecule has 0 saturated carbocycles. The molecule has 0 bridgehead atoms. The molecule has 12 nitrogen and oxygen atoms in total. The van der Waals surface area contributed by atoms with Gasteiger partial charge >= 0.3 is 5.97 Å². The van der Waals surface area contributed by atoms with E-state index in [9.17, 15) is 14.4 Å². The first kappa shape index (κ1) is 42.6. The molecule has 0 heterocycles. The van der Waals surface area contributed by atoms with E-state index in [-0.39, 0.29) is 24.7 Å². The Kier molecular flexibility index (Phi) is 28.7. The van der Waals surface area contributed by atoms with Gasteiger partial charge in [0.25, 0.3) is 0 Å². The van der Waals surface area contributed by atoms with Crippen LogP contribution in [0.5, 0.6) is 0 Å². The molecule has 0 aromatic carbocycles. The van der Waals surface area contributed by atoms with Crippen molar-refractivity contribution in [3.8, 4) is 0 Å². The normalized spacial score (nSPS) is 11.9. The lowest BCUT2D eigenvalue weighted by molar-refractivity contribution is -0.158. The molecule has 12 heteroatoms. The second kappa shape index (κ2) is 30.3. The van der Waals surface area contributed by atoms with E-state index in [1.165, 1.54) is 64.2 Å². The minimum atomic E-state index is -0.871. The standard InChI is InChI=1S/C33H63N5O7/c1-5-6-7-8-9-10-11-12-13-14-15-16-17-18-31(40)37-29(32(41)45-33(2,3)4)19-20-30(39)35-21-23-42-25-27-44-28-26-43-24-22-36-38-34/h29,34H,5-28H2,1-4H3,(H-,35,37,39,40)/p+1/t29-/m0/s1. The minimum absolute atomic E-state index is 0.0786. The topological polar surface area (TPSA) is 162 Å². The summed E-state index contributed by atoms with van der Waals surface area (Å²) < 4.78 is 21.6. The Morgan fingerprint density at radius 1 is 0.711 bits per heavy atom. The van der Waals surface area contributed by atoms with Gasteiger partial charge in [0.1, 0.15) is 28.8 Å². The van der Waals surface area contributed by atoms with Crippen LogP contribution in [0, 0.1) is 5.53 Å². The van der Waals surface area contributed by atoms with Crippen LogP contribution in [0.3, 0.4) is 0 Å². The van der Waals surface area contributed by atoms with Crippen molar-refractivity contribution in [3.05, 3.63) is 0 Å². The summed E-state index contributed by atoms with van der Waals surface area (Å²) in [4.78, 5) is 40.6. The molecule has 0 fully saturated rings. The predicted molar refractivity (Wildman–Crippen MR) is 175 cm³/mol. The van der Waals surface area contributed by atoms with Gasteiger partial charge in [0, 0.05) is 19.4 Å². The molecule has 45 heavy (non-hydrogen) atoms. The van der Waals surface area contributed by atoms with Crippen LogP contribution in [0.4, 0.5) is 0 Å². The Morgan fingerprint density at radius 3 is 1.76 bits per heavy atom. The second-order valence-electron chi connectivity index (χ2n) is 12.3. The highest BCUT2D eigenvalue weighted by Gasteiger charge is 2.27. The average Bonchev–Trinajstić information content (AvgIpc) is 2.99. The molecule has 3 N–H and O–H groups in total. The first-order valence-corrected chi connectivity index (χ1v) is 17.2. The van der Waals surface area contributed by atoms with Crippen LogP contribution < -0.4 is 15.5 Å². The van der Waals surface area contributed by atoms with Gasteiger partial charge in [-0.05, 0) is 33.6 Å². The zero-order valence-corrected chi connectivity index (χ0v) is 28.8. The van der Waals surface area contributed by atoms with Crippen LogP contribution in [0.25, 0.3) is 0 Å². The van der Waals surface area contributed by atoms with E-state index >= 15 is 0 Å². The van der Waals surface area contributed by atoms with E-state index in [2.05, 4.69) is 27.6 Å². The van der Waals surface area contributed by atoms with Gasteiger partial charge in [-0.1, -0.05) is 84.0 Å². The third-order valence-electron chi connectivity index (χ3n) is 6.91. The number of unbranched alkanes of at least 4 members (excludes halogenated alkanes) is 12. The first-order chi connectivity index (χ1) is 21.7. The lowest BCUT2D eigenvalue weighted by atomic mass is 10.0. The van der Waals surface area contributed by atoms with Crippen molar-refractivity contribution < 1.29 is 33.3 Å². The van der Waals surface area contributed by atoms with Gasteiger partial charge in [-0.3, -0.25) is 9.59 Å². The van der Waals surface area contributed by atoms with Crippen molar-refractivity contribution in [2.24, 2.45) is 5.11 Å². The Bertz CT molecular complexity index is 801. The van der Waals surface area contributed by atoms with Crippen molar-refractivity contribution in [1.29, 1.82) is 5.53 Å². The van der Waals surface area contributed by atoms with Crippen molar-refractivity contribution in [3.63, 3.8) is 0 Å². The van der Waals surface area contributed by atoms with E-state index in [1.807, 2.05) is 0 Å². The molecule has 0 aromatic heterocycles. The molecule has 2 amide bonds. The van der Waals surface area contributed by atoms with Crippen molar-refractivity contribution in [2.75, 3.05) is 52.7 Å². The third-order valence-corrected chi connectivity index (χ3v) is 6.91. The summed E-state index contributed by atoms with van der Waals surface area (Å²) in [6.07, 6.45) is 16.7. The molecule has 0 saturated heterocycles. The maximum atomic E-state index is 12.8. The van der Waals surface area contributed by atoms with Crippen LogP contribution in [-0.2, 0) is 33.3 Å². The van der Waals surface area contributed by atoms with Gasteiger partial charge in [0.2, 0.25) is 16.7 Å². The van der Waals surface area contributed by atoms with Crippen molar-refractivity contribution in [1.82, 2.24) is 15.5 Å². The zero-order chi connectivity index (χ0) is 33.4. The number of carbonyl (C=O) groups is 3. The highest BCUT2D eigenvalue weighted by atomic mass is 16.6. The summed E-state index contributed by atoms with van der Waals surface area (Å²) in [6, 6.07) is -0.871. The van der Waals surface area contributed by atoms with Crippen molar-refractivity contribution in [2.45, 2.75) is 142 Å². The van der Waals surface area contributed by atoms with Gasteiger partial charge in [-0.2, -0.15) is 0 Å². The molecule has 262 valence electrons. The number of nitrogens with one attached hydrogen (secondary N) is 3. The van der Waals surface area contributed by atoms with E-state index in [0.717, 1.165) is 19.3 Å². The lowest BCUT2D eigenvalue weighted by Crippen LogP contribution is -2.44. The Morgan fingerprint density at radius 2 is 1.22 bits per heavy atom. The molecular weight excluding hydrogens is 578 g/mol. The van der Waals surface area contributed by atoms with Crippen LogP contribution in [-0.4, -0.2) is 82.2 Å². The Hall–Kier alpha value is -2.40. The zero-order valence-electron chi connectivity index (χ0n) is 28.8. The molecule has 0 unspecified atom stereocenters. The van der Waals surface area contributed by atoms with Crippen LogP contribution in [0.2, 0.25) is 0 Å². The van der Waals surface area contributed by atoms with Gasteiger partial charge in [-0.15, -0.1) is 0 Å². The van der Waals surface area contributed by atoms with E-state index in [4.69, 9.17) is 24.5 Å². The van der Waals surface area contributed by atoms with Gasteiger partial charge in [-0.25, -0.2) is 4.79 Å². The number of esters is 1. The van der Waals surface area contributed by atoms with Crippen LogP contribution in [0.15, 0.2) is 5.11 Å². The largest absolute Gasteiger partial charge is 0.458 e. The molecule has 0 aliphatic rings. The molecule has 0 aliphatic carbocycles. The highest BCUT2D eigenvalue weighted by molar-refractivity contribution is 5.85. The molecule has 0 spiro atoms. The van der Waals surface area contributed by atoms with Crippen molar-refractivity contribution >= 4 is 17.8 Å². The smallest absolute Gasteiger partial charge is 0.329 e. The van der Waals surface area contributed by atoms with E-state index < -0.39 is 17.6 Å². The van der Waals surface area contributed by atoms with E-state index in [0.29, 0.717) is 59.2 Å². The monoisotopic (exact) mass is 642 g/mol. The number of hydrogen-bond acceptors (Lipinski definition) is 9. The lowest BCUT2D eigenvalue weighted by Gasteiger charge is -2.24. The fourth-order valence-electron chi connectivity index (χ4n) is 4.52. The molecule has 0 aromatic rings. The second-order valence-corrected chi connectivity index (χ2v) is 12.3. The minimum Gasteiger partial charge on any atom is -0.458 e. The quantitative estimate of drug-likeness (QED) is 0.0373. The summed E-state index contributed by atoms with van der Waals surface area (Å²) in [5.74, 6) is -0.940. The summed E-state index contributed by atoms with van der Waals surface area (Å²) >= 11 is 0. The fraction of sp³-hybridized carbons (Fsp3) is 0.909. The summed E-state index contributed by atoms with van der Waals surface area (Å²) in [5.41, 5.74) is 5.84. The van der Waals surface area contributed by atoms with Gasteiger partial charge < -0.3 is 29.6 Å². The maximum absolute atomic E-state index is 12.8. The average molecular weight is 643 g/mol. The number of rotatable bonds is 31. The van der Waals surface area contributed by atoms with Crippen LogP contribution in [0.1, 0.15) is 130 Å². The van der Waals surface area contributed by atoms with Gasteiger partial charge in [0.15, 0.2) is 0 Å². The van der Waals surface area contributed by atoms with E-state index in [1.54, 1.807) is 20.8 Å². The SMILES string of the molecule is CCCCCCCCCCCCCCCC(=O)N[C@@H](CCC(=O)NCCOCCOCCOCCN=[N+]=N)C(=O)OC(C)(C)C. The Labute approximate surface area is 272 Å². The highest BCUT2D eigenvalue weighted by Crippen LogP contribution is 2.14. The Balaban J connectivity index is 4.09. The maximum Gasteiger partial charge on any atom is 0.329 e. The predicted octanol–water partition coefficient (Wildman–Crippen LogP) is 5.79. The summed E-state index contributed by atoms with van der Waals surface area (Å²) in [5, 5.41) is 9.05. The number of nitrogens with zero attached hydrogens (tertiary/aromatic N) is 2. The number of carbonyl (C=O) groups excluding carboxylic acids is 3. The van der Waals surface area contributed by atoms with Crippen LogP contribution >= 0.6 is 0 Å².